The van der Waals surface area contributed by atoms with Gasteiger partial charge in [-0.1, -0.05) is 63.9 Å². The molecule has 0 atom stereocenters. The fourth-order valence-corrected chi connectivity index (χ4v) is 6.91. The number of aromatic amines is 1. The van der Waals surface area contributed by atoms with Crippen LogP contribution in [0.5, 0.6) is 0 Å². The number of aromatic nitrogens is 1. The van der Waals surface area contributed by atoms with Crippen LogP contribution in [0.4, 0.5) is 0 Å². The van der Waals surface area contributed by atoms with Crippen molar-refractivity contribution in [2.75, 3.05) is 33.3 Å². The lowest BCUT2D eigenvalue weighted by atomic mass is 9.88. The number of nitrogens with one attached hydrogen (secondary N) is 1. The van der Waals surface area contributed by atoms with E-state index in [1.807, 2.05) is 21.9 Å². The molecule has 6 rings (SSSR count). The lowest BCUT2D eigenvalue weighted by molar-refractivity contribution is -0.130. The molecule has 9 heteroatoms. The van der Waals surface area contributed by atoms with Gasteiger partial charge in [-0.25, -0.2) is 4.79 Å². The molecule has 1 aromatic heterocycles. The Hall–Kier alpha value is -3.62. The van der Waals surface area contributed by atoms with E-state index in [0.29, 0.717) is 22.4 Å². The van der Waals surface area contributed by atoms with Gasteiger partial charge in [0.1, 0.15) is 0 Å². The van der Waals surface area contributed by atoms with Gasteiger partial charge in [-0.3, -0.25) is 9.59 Å². The smallest absolute Gasteiger partial charge is 0.340 e. The van der Waals surface area contributed by atoms with Crippen LogP contribution in [0.15, 0.2) is 71.3 Å². The maximum Gasteiger partial charge on any atom is 0.340 e. The lowest BCUT2D eigenvalue weighted by Crippen LogP contribution is -2.36. The van der Waals surface area contributed by atoms with Gasteiger partial charge in [-0.05, 0) is 78.5 Å². The Labute approximate surface area is 278 Å². The summed E-state index contributed by atoms with van der Waals surface area (Å²) < 4.78 is 5.99. The number of benzene rings is 3. The Kier molecular flexibility index (Phi) is 10.7. The molecule has 2 fully saturated rings. The van der Waals surface area contributed by atoms with E-state index in [1.165, 1.54) is 18.2 Å². The first kappa shape index (κ1) is 32.8. The molecule has 0 aliphatic carbocycles. The zero-order valence-electron chi connectivity index (χ0n) is 25.9. The van der Waals surface area contributed by atoms with Crippen molar-refractivity contribution < 1.29 is 19.1 Å². The summed E-state index contributed by atoms with van der Waals surface area (Å²) in [4.78, 5) is 41.7. The topological polar surface area (TPSA) is 82.7 Å². The van der Waals surface area contributed by atoms with Crippen molar-refractivity contribution in [3.05, 3.63) is 93.0 Å². The quantitative estimate of drug-likeness (QED) is 0.219. The summed E-state index contributed by atoms with van der Waals surface area (Å²) in [6.45, 7) is 6.71. The Morgan fingerprint density at radius 2 is 1.29 bits per heavy atom. The fraction of sp³-hybridized carbons (Fsp3) is 0.361. The van der Waals surface area contributed by atoms with Crippen LogP contribution < -0.4 is 0 Å². The van der Waals surface area contributed by atoms with Gasteiger partial charge in [0.05, 0.1) is 17.7 Å². The Morgan fingerprint density at radius 1 is 0.800 bits per heavy atom. The second-order valence-corrected chi connectivity index (χ2v) is 13.1. The van der Waals surface area contributed by atoms with Crippen LogP contribution in [0.2, 0.25) is 5.02 Å². The van der Waals surface area contributed by atoms with E-state index < -0.39 is 0 Å². The molecular formula is C36H39BrClN3O4. The number of esters is 1. The van der Waals surface area contributed by atoms with Crippen LogP contribution >= 0.6 is 27.5 Å². The van der Waals surface area contributed by atoms with Gasteiger partial charge in [-0.15, -0.1) is 0 Å². The summed E-state index contributed by atoms with van der Waals surface area (Å²) in [6, 6.07) is 20.7. The van der Waals surface area contributed by atoms with Gasteiger partial charge < -0.3 is 19.5 Å². The molecule has 1 N–H and O–H groups in total. The average molecular weight is 693 g/mol. The molecule has 2 aliphatic rings. The SMILES string of the molecule is CC(=O)N1CCC(c2ccc(Br)cc2)CC1.COC(=O)c1c[nH]c2cc(Cl)c(-c3ccc(C4CCN(C(C)=O)CC4)cc3)cc12. The first-order chi connectivity index (χ1) is 21.6. The van der Waals surface area contributed by atoms with Gasteiger partial charge in [0.25, 0.3) is 0 Å². The minimum absolute atomic E-state index is 0.153. The third-order valence-electron chi connectivity index (χ3n) is 9.09. The number of ether oxygens (including phenoxy) is 1. The van der Waals surface area contributed by atoms with E-state index in [2.05, 4.69) is 69.4 Å². The third kappa shape index (κ3) is 7.79. The minimum atomic E-state index is -0.378. The molecule has 2 saturated heterocycles. The van der Waals surface area contributed by atoms with E-state index in [1.54, 1.807) is 20.0 Å². The van der Waals surface area contributed by atoms with Crippen LogP contribution in [0.3, 0.4) is 0 Å². The molecule has 0 saturated carbocycles. The molecule has 2 aliphatic heterocycles. The molecule has 45 heavy (non-hydrogen) atoms. The fourth-order valence-electron chi connectivity index (χ4n) is 6.37. The summed E-state index contributed by atoms with van der Waals surface area (Å²) in [6.07, 6.45) is 5.78. The van der Waals surface area contributed by atoms with Crippen molar-refractivity contribution in [1.82, 2.24) is 14.8 Å². The molecule has 2 amide bonds. The molecule has 7 nitrogen and oxygen atoms in total. The summed E-state index contributed by atoms with van der Waals surface area (Å²) >= 11 is 9.97. The van der Waals surface area contributed by atoms with Gasteiger partial charge >= 0.3 is 5.97 Å². The monoisotopic (exact) mass is 691 g/mol. The molecule has 3 aromatic carbocycles. The van der Waals surface area contributed by atoms with Crippen LogP contribution in [-0.2, 0) is 14.3 Å². The van der Waals surface area contributed by atoms with Crippen LogP contribution in [-0.4, -0.2) is 65.9 Å². The van der Waals surface area contributed by atoms with Crippen LogP contribution in [0, 0.1) is 0 Å². The molecular weight excluding hydrogens is 654 g/mol. The van der Waals surface area contributed by atoms with Gasteiger partial charge in [0.2, 0.25) is 11.8 Å². The molecule has 236 valence electrons. The molecule has 4 aromatic rings. The van der Waals surface area contributed by atoms with Gasteiger partial charge in [-0.2, -0.15) is 0 Å². The number of carbonyl (C=O) groups excluding carboxylic acids is 3. The van der Waals surface area contributed by atoms with Gasteiger partial charge in [0, 0.05) is 67.2 Å². The summed E-state index contributed by atoms with van der Waals surface area (Å²) in [5.74, 6) is 1.06. The number of likely N-dealkylation sites (tertiary alicyclic amines) is 2. The first-order valence-corrected chi connectivity index (χ1v) is 16.6. The Bertz CT molecular complexity index is 1650. The van der Waals surface area contributed by atoms with E-state index in [9.17, 15) is 14.4 Å². The van der Waals surface area contributed by atoms with E-state index >= 15 is 0 Å². The highest BCUT2D eigenvalue weighted by Crippen LogP contribution is 2.35. The second kappa shape index (κ2) is 14.6. The van der Waals surface area contributed by atoms with Crippen molar-refractivity contribution in [3.8, 4) is 11.1 Å². The second-order valence-electron chi connectivity index (χ2n) is 11.8. The number of piperidine rings is 2. The maximum atomic E-state index is 12.0. The molecule has 0 radical (unpaired) electrons. The Morgan fingerprint density at radius 3 is 1.76 bits per heavy atom. The predicted molar refractivity (Wildman–Crippen MR) is 183 cm³/mol. The molecule has 3 heterocycles. The summed E-state index contributed by atoms with van der Waals surface area (Å²) in [5.41, 5.74) is 5.85. The number of amides is 2. The summed E-state index contributed by atoms with van der Waals surface area (Å²) in [5, 5.41) is 1.41. The largest absolute Gasteiger partial charge is 0.465 e. The zero-order valence-corrected chi connectivity index (χ0v) is 28.3. The van der Waals surface area contributed by atoms with Crippen molar-refractivity contribution in [2.24, 2.45) is 0 Å². The average Bonchev–Trinajstić information content (AvgIpc) is 3.47. The maximum absolute atomic E-state index is 12.0. The number of halogens is 2. The molecule has 0 bridgehead atoms. The van der Waals surface area contributed by atoms with E-state index in [0.717, 1.165) is 78.4 Å². The number of H-pyrrole nitrogens is 1. The van der Waals surface area contributed by atoms with Gasteiger partial charge in [0.15, 0.2) is 0 Å². The number of hydrogen-bond acceptors (Lipinski definition) is 4. The standard InChI is InChI=1S/C23H23ClN2O3.C13H16BrNO/c1-14(27)26-9-7-16(8-10-26)15-3-5-17(6-4-15)18-11-19-20(23(28)29-2)13-25-22(19)12-21(18)24;1-10(16)15-8-6-12(7-9-15)11-2-4-13(14)5-3-11/h3-6,11-13,16,25H,7-10H2,1-2H3;2-5,12H,6-9H2,1H3. The van der Waals surface area contributed by atoms with Crippen molar-refractivity contribution >= 4 is 56.2 Å². The molecule has 0 unspecified atom stereocenters. The lowest BCUT2D eigenvalue weighted by Gasteiger charge is -2.31. The Balaban J connectivity index is 0.000000211. The van der Waals surface area contributed by atoms with Crippen molar-refractivity contribution in [2.45, 2.75) is 51.4 Å². The number of fused-ring (bicyclic) bond motifs is 1. The number of carbonyl (C=O) groups is 3. The summed E-state index contributed by atoms with van der Waals surface area (Å²) in [7, 11) is 1.37. The number of hydrogen-bond donors (Lipinski definition) is 1. The number of rotatable bonds is 4. The first-order valence-electron chi connectivity index (χ1n) is 15.4. The zero-order chi connectivity index (χ0) is 32.1. The number of methoxy groups -OCH3 is 1. The third-order valence-corrected chi connectivity index (χ3v) is 9.93. The molecule has 0 spiro atoms. The van der Waals surface area contributed by atoms with Crippen molar-refractivity contribution in [3.63, 3.8) is 0 Å². The predicted octanol–water partition coefficient (Wildman–Crippen LogP) is 8.18. The van der Waals surface area contributed by atoms with Crippen LogP contribution in [0.25, 0.3) is 22.0 Å². The number of nitrogens with zero attached hydrogens (tertiary/aromatic N) is 2. The van der Waals surface area contributed by atoms with Crippen LogP contribution in [0.1, 0.15) is 72.9 Å². The van der Waals surface area contributed by atoms with Crippen molar-refractivity contribution in [1.29, 1.82) is 0 Å². The van der Waals surface area contributed by atoms with E-state index in [4.69, 9.17) is 16.3 Å². The minimum Gasteiger partial charge on any atom is -0.465 e. The normalized spacial score (nSPS) is 15.8. The highest BCUT2D eigenvalue weighted by atomic mass is 79.9. The highest BCUT2D eigenvalue weighted by Gasteiger charge is 2.23. The highest BCUT2D eigenvalue weighted by molar-refractivity contribution is 9.10. The van der Waals surface area contributed by atoms with E-state index in [-0.39, 0.29) is 17.8 Å².